The Balaban J connectivity index is 2.95. The Bertz CT molecular complexity index is 487. The maximum absolute atomic E-state index is 13.3. The summed E-state index contributed by atoms with van der Waals surface area (Å²) in [6.45, 7) is 4.66. The molecule has 1 rings (SSSR count). The third kappa shape index (κ3) is 2.85. The van der Waals surface area contributed by atoms with Gasteiger partial charge in [-0.1, -0.05) is 13.0 Å². The molecule has 98 valence electrons. The Kier molecular flexibility index (Phi) is 4.06. The highest BCUT2D eigenvalue weighted by atomic mass is 19.1. The molecule has 0 spiro atoms. The molecule has 1 aromatic rings. The molecule has 1 aromatic carbocycles. The molecule has 0 heterocycles. The summed E-state index contributed by atoms with van der Waals surface area (Å²) >= 11 is 0. The van der Waals surface area contributed by atoms with E-state index in [1.807, 2.05) is 0 Å². The summed E-state index contributed by atoms with van der Waals surface area (Å²) in [5.41, 5.74) is -0.805. The molecule has 0 saturated heterocycles. The fourth-order valence-electron chi connectivity index (χ4n) is 1.35. The van der Waals surface area contributed by atoms with Gasteiger partial charge in [0.25, 0.3) is 5.91 Å². The number of aryl methyl sites for hydroxylation is 1. The molecule has 0 saturated carbocycles. The van der Waals surface area contributed by atoms with Crippen LogP contribution in [0.5, 0.6) is 0 Å². The molecule has 1 atom stereocenters. The number of carboxylic acids is 1. The Morgan fingerprint density at radius 3 is 2.50 bits per heavy atom. The highest BCUT2D eigenvalue weighted by Crippen LogP contribution is 2.13. The van der Waals surface area contributed by atoms with Crippen molar-refractivity contribution in [2.75, 3.05) is 0 Å². The number of amides is 1. The molecule has 0 radical (unpaired) electrons. The van der Waals surface area contributed by atoms with Crippen molar-refractivity contribution in [3.63, 3.8) is 0 Å². The monoisotopic (exact) mass is 253 g/mol. The quantitative estimate of drug-likeness (QED) is 0.863. The number of halogens is 1. The van der Waals surface area contributed by atoms with Crippen LogP contribution >= 0.6 is 0 Å². The fraction of sp³-hybridized carbons (Fsp3) is 0.385. The van der Waals surface area contributed by atoms with Crippen molar-refractivity contribution in [2.24, 2.45) is 0 Å². The first-order valence-electron chi connectivity index (χ1n) is 5.62. The van der Waals surface area contributed by atoms with Gasteiger partial charge in [0, 0.05) is 5.56 Å². The molecule has 18 heavy (non-hydrogen) atoms. The number of carbonyl (C=O) groups excluding carboxylic acids is 1. The van der Waals surface area contributed by atoms with Crippen LogP contribution in [0.25, 0.3) is 0 Å². The summed E-state index contributed by atoms with van der Waals surface area (Å²) < 4.78 is 13.3. The van der Waals surface area contributed by atoms with Crippen molar-refractivity contribution in [1.29, 1.82) is 0 Å². The number of nitrogens with one attached hydrogen (secondary N) is 1. The highest BCUT2D eigenvalue weighted by molar-refractivity contribution is 5.97. The molecule has 0 fully saturated rings. The predicted molar refractivity (Wildman–Crippen MR) is 64.9 cm³/mol. The van der Waals surface area contributed by atoms with Crippen molar-refractivity contribution >= 4 is 11.9 Å². The lowest BCUT2D eigenvalue weighted by Crippen LogP contribution is -2.51. The van der Waals surface area contributed by atoms with Crippen LogP contribution < -0.4 is 5.32 Å². The van der Waals surface area contributed by atoms with Crippen molar-refractivity contribution in [3.05, 3.63) is 35.1 Å². The van der Waals surface area contributed by atoms with Crippen molar-refractivity contribution in [2.45, 2.75) is 32.7 Å². The van der Waals surface area contributed by atoms with E-state index in [0.717, 1.165) is 6.07 Å². The number of carboxylic acid groups (broad SMARTS) is 1. The molecular formula is C13H16FNO3. The van der Waals surface area contributed by atoms with E-state index in [2.05, 4.69) is 5.32 Å². The van der Waals surface area contributed by atoms with Gasteiger partial charge in [-0.25, -0.2) is 9.18 Å². The van der Waals surface area contributed by atoms with Crippen LogP contribution in [0.4, 0.5) is 4.39 Å². The van der Waals surface area contributed by atoms with Crippen LogP contribution in [-0.2, 0) is 4.79 Å². The van der Waals surface area contributed by atoms with Gasteiger partial charge < -0.3 is 10.4 Å². The third-order valence-corrected chi connectivity index (χ3v) is 3.00. The lowest BCUT2D eigenvalue weighted by atomic mass is 9.98. The van der Waals surface area contributed by atoms with E-state index in [0.29, 0.717) is 5.56 Å². The number of benzene rings is 1. The van der Waals surface area contributed by atoms with Crippen molar-refractivity contribution in [1.82, 2.24) is 5.32 Å². The number of hydrogen-bond acceptors (Lipinski definition) is 2. The van der Waals surface area contributed by atoms with Gasteiger partial charge in [0.05, 0.1) is 0 Å². The summed E-state index contributed by atoms with van der Waals surface area (Å²) in [6.07, 6.45) is 0.239. The van der Waals surface area contributed by atoms with E-state index in [-0.39, 0.29) is 12.0 Å². The van der Waals surface area contributed by atoms with Crippen molar-refractivity contribution < 1.29 is 19.1 Å². The average molecular weight is 253 g/mol. The van der Waals surface area contributed by atoms with Crippen LogP contribution in [0.1, 0.15) is 36.2 Å². The SMILES string of the molecule is CCC(C)(NC(=O)c1ccc(C)c(F)c1)C(=O)O. The summed E-state index contributed by atoms with van der Waals surface area (Å²) in [5.74, 6) is -2.21. The van der Waals surface area contributed by atoms with E-state index >= 15 is 0 Å². The standard InChI is InChI=1S/C13H16FNO3/c1-4-13(3,12(17)18)15-11(16)9-6-5-8(2)10(14)7-9/h5-7H,4H2,1-3H3,(H,15,16)(H,17,18). The van der Waals surface area contributed by atoms with Gasteiger partial charge in [0.2, 0.25) is 0 Å². The van der Waals surface area contributed by atoms with Gasteiger partial charge in [0.1, 0.15) is 11.4 Å². The number of carbonyl (C=O) groups is 2. The maximum Gasteiger partial charge on any atom is 0.329 e. The molecule has 0 aliphatic carbocycles. The molecule has 1 amide bonds. The number of rotatable bonds is 4. The second kappa shape index (κ2) is 5.16. The second-order valence-corrected chi connectivity index (χ2v) is 4.41. The zero-order valence-corrected chi connectivity index (χ0v) is 10.6. The molecule has 0 aliphatic heterocycles. The maximum atomic E-state index is 13.3. The Morgan fingerprint density at radius 2 is 2.06 bits per heavy atom. The molecule has 0 bridgehead atoms. The molecule has 1 unspecified atom stereocenters. The first-order valence-corrected chi connectivity index (χ1v) is 5.62. The summed E-state index contributed by atoms with van der Waals surface area (Å²) in [7, 11) is 0. The van der Waals surface area contributed by atoms with E-state index < -0.39 is 23.2 Å². The highest BCUT2D eigenvalue weighted by Gasteiger charge is 2.33. The third-order valence-electron chi connectivity index (χ3n) is 3.00. The van der Waals surface area contributed by atoms with Gasteiger partial charge in [-0.15, -0.1) is 0 Å². The van der Waals surface area contributed by atoms with Gasteiger partial charge in [-0.05, 0) is 38.0 Å². The minimum absolute atomic E-state index is 0.110. The van der Waals surface area contributed by atoms with Crippen molar-refractivity contribution in [3.8, 4) is 0 Å². The van der Waals surface area contributed by atoms with Crippen LogP contribution in [0.3, 0.4) is 0 Å². The Morgan fingerprint density at radius 1 is 1.44 bits per heavy atom. The summed E-state index contributed by atoms with van der Waals surface area (Å²) in [4.78, 5) is 22.9. The molecule has 0 aliphatic rings. The average Bonchev–Trinajstić information content (AvgIpc) is 2.32. The summed E-state index contributed by atoms with van der Waals surface area (Å²) in [5, 5.41) is 11.4. The molecule has 5 heteroatoms. The smallest absolute Gasteiger partial charge is 0.329 e. The minimum atomic E-state index is -1.35. The fourth-order valence-corrected chi connectivity index (χ4v) is 1.35. The Hall–Kier alpha value is -1.91. The number of hydrogen-bond donors (Lipinski definition) is 2. The van der Waals surface area contributed by atoms with Crippen LogP contribution in [0.15, 0.2) is 18.2 Å². The topological polar surface area (TPSA) is 66.4 Å². The Labute approximate surface area is 105 Å². The first kappa shape index (κ1) is 14.2. The lowest BCUT2D eigenvalue weighted by Gasteiger charge is -2.24. The first-order chi connectivity index (χ1) is 8.30. The number of aliphatic carboxylic acids is 1. The zero-order chi connectivity index (χ0) is 13.9. The molecule has 4 nitrogen and oxygen atoms in total. The van der Waals surface area contributed by atoms with Gasteiger partial charge in [-0.2, -0.15) is 0 Å². The second-order valence-electron chi connectivity index (χ2n) is 4.41. The van der Waals surface area contributed by atoms with E-state index in [9.17, 15) is 14.0 Å². The van der Waals surface area contributed by atoms with Crippen LogP contribution in [0, 0.1) is 12.7 Å². The zero-order valence-electron chi connectivity index (χ0n) is 10.6. The van der Waals surface area contributed by atoms with Gasteiger partial charge in [-0.3, -0.25) is 4.79 Å². The predicted octanol–water partition coefficient (Wildman–Crippen LogP) is 2.12. The normalized spacial score (nSPS) is 13.8. The van der Waals surface area contributed by atoms with Crippen LogP contribution in [-0.4, -0.2) is 22.5 Å². The van der Waals surface area contributed by atoms with E-state index in [4.69, 9.17) is 5.11 Å². The van der Waals surface area contributed by atoms with Gasteiger partial charge >= 0.3 is 5.97 Å². The lowest BCUT2D eigenvalue weighted by molar-refractivity contribution is -0.143. The molecular weight excluding hydrogens is 237 g/mol. The van der Waals surface area contributed by atoms with Gasteiger partial charge in [0.15, 0.2) is 0 Å². The summed E-state index contributed by atoms with van der Waals surface area (Å²) in [6, 6.07) is 4.04. The molecule has 2 N–H and O–H groups in total. The molecule has 0 aromatic heterocycles. The largest absolute Gasteiger partial charge is 0.480 e. The van der Waals surface area contributed by atoms with E-state index in [1.165, 1.54) is 19.1 Å². The van der Waals surface area contributed by atoms with Crippen LogP contribution in [0.2, 0.25) is 0 Å². The minimum Gasteiger partial charge on any atom is -0.480 e. The van der Waals surface area contributed by atoms with E-state index in [1.54, 1.807) is 13.8 Å².